The highest BCUT2D eigenvalue weighted by Crippen LogP contribution is 2.21. The molecule has 1 fully saturated rings. The van der Waals surface area contributed by atoms with Crippen LogP contribution in [0.25, 0.3) is 0 Å². The van der Waals surface area contributed by atoms with Crippen LogP contribution in [0.1, 0.15) is 36.0 Å². The standard InChI is InChI=1S/C20H26N8O/c21-10-14(11-24-13-6-2-1-3-7-13)26-19-15(18(23)29)12-25-20(28-19)27-17-9-5-4-8-16(17)22/h1-3,6-7,12,14,16-17,24H,4-5,8-9,11,22H2,(H2,23,29)(H2,25,26,27,28)/t14?,16-,17+/m0/s1. The van der Waals surface area contributed by atoms with Gasteiger partial charge >= 0.3 is 0 Å². The van der Waals surface area contributed by atoms with Gasteiger partial charge in [-0.3, -0.25) is 4.79 Å². The summed E-state index contributed by atoms with van der Waals surface area (Å²) >= 11 is 0. The first-order valence-corrected chi connectivity index (χ1v) is 9.71. The lowest BCUT2D eigenvalue weighted by Gasteiger charge is -2.29. The predicted octanol–water partition coefficient (Wildman–Crippen LogP) is 1.67. The number of para-hydroxylation sites is 1. The van der Waals surface area contributed by atoms with Gasteiger partial charge in [0.25, 0.3) is 5.91 Å². The van der Waals surface area contributed by atoms with Gasteiger partial charge in [0, 0.05) is 30.5 Å². The van der Waals surface area contributed by atoms with E-state index in [1.54, 1.807) is 0 Å². The Morgan fingerprint density at radius 3 is 2.72 bits per heavy atom. The zero-order valence-corrected chi connectivity index (χ0v) is 16.1. The molecule has 7 N–H and O–H groups in total. The van der Waals surface area contributed by atoms with Crippen LogP contribution in [0.2, 0.25) is 0 Å². The SMILES string of the molecule is N#CC(CNc1ccccc1)Nc1nc(N[C@@H]2CCCC[C@@H]2N)ncc1C(N)=O. The van der Waals surface area contributed by atoms with Gasteiger partial charge < -0.3 is 27.4 Å². The maximum Gasteiger partial charge on any atom is 0.254 e. The van der Waals surface area contributed by atoms with Gasteiger partial charge in [0.15, 0.2) is 0 Å². The van der Waals surface area contributed by atoms with Crippen molar-refractivity contribution in [1.29, 1.82) is 5.26 Å². The summed E-state index contributed by atoms with van der Waals surface area (Å²) in [5, 5.41) is 18.9. The second kappa shape index (κ2) is 9.71. The molecule has 1 aliphatic rings. The number of anilines is 3. The van der Waals surface area contributed by atoms with Crippen LogP contribution < -0.4 is 27.4 Å². The summed E-state index contributed by atoms with van der Waals surface area (Å²) in [6.07, 6.45) is 5.47. The largest absolute Gasteiger partial charge is 0.382 e. The fourth-order valence-corrected chi connectivity index (χ4v) is 3.32. The van der Waals surface area contributed by atoms with E-state index in [0.29, 0.717) is 12.5 Å². The van der Waals surface area contributed by atoms with E-state index >= 15 is 0 Å². The van der Waals surface area contributed by atoms with Crippen LogP contribution in [-0.4, -0.2) is 40.5 Å². The summed E-state index contributed by atoms with van der Waals surface area (Å²) in [7, 11) is 0. The molecule has 1 aromatic heterocycles. The number of carbonyl (C=O) groups is 1. The molecular weight excluding hydrogens is 368 g/mol. The molecule has 9 heteroatoms. The molecular formula is C20H26N8O. The van der Waals surface area contributed by atoms with Gasteiger partial charge in [0.2, 0.25) is 5.95 Å². The fourth-order valence-electron chi connectivity index (χ4n) is 3.32. The number of benzene rings is 1. The number of hydrogen-bond donors (Lipinski definition) is 5. The van der Waals surface area contributed by atoms with Crippen LogP contribution in [0.3, 0.4) is 0 Å². The molecule has 3 atom stereocenters. The van der Waals surface area contributed by atoms with Crippen LogP contribution in [0.15, 0.2) is 36.5 Å². The first-order valence-electron chi connectivity index (χ1n) is 9.71. The zero-order valence-electron chi connectivity index (χ0n) is 16.1. The van der Waals surface area contributed by atoms with E-state index in [1.165, 1.54) is 6.20 Å². The van der Waals surface area contributed by atoms with Crippen molar-refractivity contribution < 1.29 is 4.79 Å². The third kappa shape index (κ3) is 5.56. The highest BCUT2D eigenvalue weighted by atomic mass is 16.1. The lowest BCUT2D eigenvalue weighted by molar-refractivity contribution is 0.100. The van der Waals surface area contributed by atoms with Crippen molar-refractivity contribution in [3.63, 3.8) is 0 Å². The summed E-state index contributed by atoms with van der Waals surface area (Å²) in [6.45, 7) is 0.318. The molecule has 1 heterocycles. The number of nitrogens with one attached hydrogen (secondary N) is 3. The minimum Gasteiger partial charge on any atom is -0.382 e. The third-order valence-electron chi connectivity index (χ3n) is 4.94. The maximum absolute atomic E-state index is 11.8. The van der Waals surface area contributed by atoms with Gasteiger partial charge in [-0.15, -0.1) is 0 Å². The molecule has 1 aromatic carbocycles. The van der Waals surface area contributed by atoms with Gasteiger partial charge in [0.05, 0.1) is 11.6 Å². The highest BCUT2D eigenvalue weighted by molar-refractivity contribution is 5.97. The molecule has 0 spiro atoms. The Hall–Kier alpha value is -3.38. The zero-order chi connectivity index (χ0) is 20.6. The van der Waals surface area contributed by atoms with Crippen LogP contribution in [0.4, 0.5) is 17.5 Å². The van der Waals surface area contributed by atoms with Crippen molar-refractivity contribution in [2.24, 2.45) is 11.5 Å². The number of aromatic nitrogens is 2. The van der Waals surface area contributed by atoms with E-state index in [2.05, 4.69) is 32.0 Å². The van der Waals surface area contributed by atoms with Gasteiger partial charge in [-0.1, -0.05) is 31.0 Å². The highest BCUT2D eigenvalue weighted by Gasteiger charge is 2.23. The molecule has 3 rings (SSSR count). The monoisotopic (exact) mass is 394 g/mol. The Labute approximate surface area is 169 Å². The van der Waals surface area contributed by atoms with Crippen molar-refractivity contribution in [1.82, 2.24) is 9.97 Å². The predicted molar refractivity (Wildman–Crippen MR) is 112 cm³/mol. The Kier molecular flexibility index (Phi) is 6.81. The molecule has 0 radical (unpaired) electrons. The Balaban J connectivity index is 1.72. The van der Waals surface area contributed by atoms with E-state index in [9.17, 15) is 10.1 Å². The van der Waals surface area contributed by atoms with Crippen molar-refractivity contribution in [2.45, 2.75) is 43.8 Å². The van der Waals surface area contributed by atoms with Crippen LogP contribution >= 0.6 is 0 Å². The molecule has 1 amide bonds. The minimum atomic E-state index is -0.666. The van der Waals surface area contributed by atoms with Crippen molar-refractivity contribution in [3.8, 4) is 6.07 Å². The Bertz CT molecular complexity index is 867. The smallest absolute Gasteiger partial charge is 0.254 e. The molecule has 1 saturated carbocycles. The minimum absolute atomic E-state index is 0.0292. The summed E-state index contributed by atoms with van der Waals surface area (Å²) < 4.78 is 0. The molecule has 2 aromatic rings. The average molecular weight is 394 g/mol. The number of hydrogen-bond acceptors (Lipinski definition) is 8. The van der Waals surface area contributed by atoms with Crippen molar-refractivity contribution in [2.75, 3.05) is 22.5 Å². The fraction of sp³-hybridized carbons (Fsp3) is 0.400. The number of carbonyl (C=O) groups excluding carboxylic acids is 1. The average Bonchev–Trinajstić information content (AvgIpc) is 2.73. The number of amides is 1. The van der Waals surface area contributed by atoms with Crippen LogP contribution in [0, 0.1) is 11.3 Å². The Morgan fingerprint density at radius 1 is 1.28 bits per heavy atom. The number of nitriles is 1. The van der Waals surface area contributed by atoms with Gasteiger partial charge in [-0.05, 0) is 25.0 Å². The second-order valence-corrected chi connectivity index (χ2v) is 7.09. The molecule has 0 bridgehead atoms. The molecule has 29 heavy (non-hydrogen) atoms. The van der Waals surface area contributed by atoms with E-state index in [0.717, 1.165) is 31.4 Å². The number of nitrogens with zero attached hydrogens (tertiary/aromatic N) is 3. The molecule has 152 valence electrons. The lowest BCUT2D eigenvalue weighted by Crippen LogP contribution is -2.43. The van der Waals surface area contributed by atoms with Gasteiger partial charge in [-0.25, -0.2) is 4.98 Å². The van der Waals surface area contributed by atoms with E-state index in [4.69, 9.17) is 11.5 Å². The molecule has 9 nitrogen and oxygen atoms in total. The molecule has 1 aliphatic carbocycles. The summed E-state index contributed by atoms with van der Waals surface area (Å²) in [6, 6.07) is 11.2. The molecule has 0 saturated heterocycles. The molecule has 1 unspecified atom stereocenters. The van der Waals surface area contributed by atoms with Crippen LogP contribution in [-0.2, 0) is 0 Å². The van der Waals surface area contributed by atoms with Crippen molar-refractivity contribution in [3.05, 3.63) is 42.1 Å². The summed E-state index contributed by atoms with van der Waals surface area (Å²) in [5.41, 5.74) is 12.7. The molecule has 0 aliphatic heterocycles. The van der Waals surface area contributed by atoms with Crippen LogP contribution in [0.5, 0.6) is 0 Å². The number of primary amides is 1. The number of rotatable bonds is 8. The third-order valence-corrected chi connectivity index (χ3v) is 4.94. The topological polar surface area (TPSA) is 155 Å². The second-order valence-electron chi connectivity index (χ2n) is 7.09. The first kappa shape index (κ1) is 20.4. The summed E-state index contributed by atoms with van der Waals surface area (Å²) in [5.74, 6) is -0.0884. The first-order chi connectivity index (χ1) is 14.1. The van der Waals surface area contributed by atoms with E-state index in [1.807, 2.05) is 30.3 Å². The van der Waals surface area contributed by atoms with E-state index in [-0.39, 0.29) is 23.5 Å². The van der Waals surface area contributed by atoms with Crippen molar-refractivity contribution >= 4 is 23.4 Å². The number of nitrogens with two attached hydrogens (primary N) is 2. The maximum atomic E-state index is 11.8. The van der Waals surface area contributed by atoms with Gasteiger partial charge in [0.1, 0.15) is 11.9 Å². The quantitative estimate of drug-likeness (QED) is 0.453. The van der Waals surface area contributed by atoms with Gasteiger partial charge in [-0.2, -0.15) is 10.2 Å². The van der Waals surface area contributed by atoms with E-state index < -0.39 is 11.9 Å². The summed E-state index contributed by atoms with van der Waals surface area (Å²) in [4.78, 5) is 20.4. The Morgan fingerprint density at radius 2 is 2.03 bits per heavy atom. The normalized spacial score (nSPS) is 19.6. The lowest BCUT2D eigenvalue weighted by atomic mass is 9.91.